The quantitative estimate of drug-likeness (QED) is 0.525. The Morgan fingerprint density at radius 1 is 0.971 bits per heavy atom. The zero-order chi connectivity index (χ0) is 24.1. The molecular weight excluding hydrogens is 432 g/mol. The van der Waals surface area contributed by atoms with E-state index in [0.717, 1.165) is 41.5 Å². The van der Waals surface area contributed by atoms with Crippen LogP contribution in [0, 0.1) is 5.92 Å². The Hall–Kier alpha value is -3.35. The number of carboxylic acids is 1. The van der Waals surface area contributed by atoms with E-state index in [9.17, 15) is 19.5 Å². The van der Waals surface area contributed by atoms with Crippen LogP contribution in [0.4, 0.5) is 4.79 Å². The lowest BCUT2D eigenvalue weighted by Crippen LogP contribution is -2.45. The Labute approximate surface area is 199 Å². The summed E-state index contributed by atoms with van der Waals surface area (Å²) in [4.78, 5) is 36.6. The number of nitrogens with one attached hydrogen (secondary N) is 2. The van der Waals surface area contributed by atoms with Gasteiger partial charge in [-0.15, -0.1) is 0 Å². The summed E-state index contributed by atoms with van der Waals surface area (Å²) >= 11 is 0. The van der Waals surface area contributed by atoms with Crippen LogP contribution in [0.2, 0.25) is 0 Å². The van der Waals surface area contributed by atoms with E-state index < -0.39 is 24.0 Å². The zero-order valence-electron chi connectivity index (χ0n) is 19.5. The van der Waals surface area contributed by atoms with Crippen LogP contribution in [-0.2, 0) is 14.3 Å². The summed E-state index contributed by atoms with van der Waals surface area (Å²) in [6.07, 6.45) is 3.49. The van der Waals surface area contributed by atoms with Crippen molar-refractivity contribution in [3.63, 3.8) is 0 Å². The van der Waals surface area contributed by atoms with Crippen molar-refractivity contribution >= 4 is 18.0 Å². The molecule has 7 heteroatoms. The van der Waals surface area contributed by atoms with Crippen LogP contribution in [0.15, 0.2) is 48.5 Å². The van der Waals surface area contributed by atoms with Gasteiger partial charge >= 0.3 is 12.1 Å². The minimum Gasteiger partial charge on any atom is -0.481 e. The third-order valence-corrected chi connectivity index (χ3v) is 6.88. The Morgan fingerprint density at radius 2 is 1.59 bits per heavy atom. The number of fused-ring (bicyclic) bond motifs is 3. The topological polar surface area (TPSA) is 105 Å². The van der Waals surface area contributed by atoms with Gasteiger partial charge < -0.3 is 20.5 Å². The van der Waals surface area contributed by atoms with Crippen molar-refractivity contribution in [1.82, 2.24) is 10.6 Å². The predicted octanol–water partition coefficient (Wildman–Crippen LogP) is 4.45. The Balaban J connectivity index is 1.28. The molecule has 34 heavy (non-hydrogen) atoms. The second-order valence-electron chi connectivity index (χ2n) is 9.33. The maximum Gasteiger partial charge on any atom is 0.407 e. The Morgan fingerprint density at radius 3 is 2.24 bits per heavy atom. The average Bonchev–Trinajstić information content (AvgIpc) is 2.94. The third-order valence-electron chi connectivity index (χ3n) is 6.88. The second-order valence-corrected chi connectivity index (χ2v) is 9.33. The summed E-state index contributed by atoms with van der Waals surface area (Å²) in [6.45, 7) is 1.95. The molecule has 4 rings (SSSR count). The molecule has 3 N–H and O–H groups in total. The molecule has 1 fully saturated rings. The summed E-state index contributed by atoms with van der Waals surface area (Å²) in [5, 5.41) is 15.1. The molecule has 0 aliphatic heterocycles. The van der Waals surface area contributed by atoms with Gasteiger partial charge in [-0.05, 0) is 42.0 Å². The number of rotatable bonds is 7. The number of ether oxygens (including phenoxy) is 1. The summed E-state index contributed by atoms with van der Waals surface area (Å²) in [6, 6.07) is 15.5. The standard InChI is InChI=1S/C27H32N2O5/c1-17(15-25(30)29-24-14-4-2-3-13-22(24)26(31)32)28-27(33)34-16-23-20-11-7-5-9-18(20)19-10-6-8-12-21(19)23/h5-12,17,22-24H,2-4,13-16H2,1H3,(H,28,33)(H,29,30)(H,31,32)/t17-,22?,24?/m1/s1. The third kappa shape index (κ3) is 5.41. The highest BCUT2D eigenvalue weighted by molar-refractivity contribution is 5.80. The number of carboxylic acid groups (broad SMARTS) is 1. The van der Waals surface area contributed by atoms with E-state index in [1.165, 1.54) is 0 Å². The van der Waals surface area contributed by atoms with Crippen molar-refractivity contribution in [3.8, 4) is 11.1 Å². The maximum atomic E-state index is 12.5. The molecule has 2 amide bonds. The zero-order valence-corrected chi connectivity index (χ0v) is 19.5. The number of alkyl carbamates (subject to hydrolysis) is 1. The van der Waals surface area contributed by atoms with Gasteiger partial charge in [-0.3, -0.25) is 9.59 Å². The first-order valence-corrected chi connectivity index (χ1v) is 12.1. The van der Waals surface area contributed by atoms with Crippen LogP contribution >= 0.6 is 0 Å². The smallest absolute Gasteiger partial charge is 0.407 e. The molecule has 2 aliphatic carbocycles. The van der Waals surface area contributed by atoms with Gasteiger partial charge in [0, 0.05) is 24.4 Å². The number of carbonyl (C=O) groups excluding carboxylic acids is 2. The normalized spacial score (nSPS) is 20.4. The fraction of sp³-hybridized carbons (Fsp3) is 0.444. The Kier molecular flexibility index (Phi) is 7.50. The van der Waals surface area contributed by atoms with E-state index in [-0.39, 0.29) is 30.9 Å². The van der Waals surface area contributed by atoms with Crippen molar-refractivity contribution in [1.29, 1.82) is 0 Å². The van der Waals surface area contributed by atoms with Crippen molar-refractivity contribution in [3.05, 3.63) is 59.7 Å². The van der Waals surface area contributed by atoms with Gasteiger partial charge in [0.25, 0.3) is 0 Å². The largest absolute Gasteiger partial charge is 0.481 e. The molecule has 2 aromatic rings. The summed E-state index contributed by atoms with van der Waals surface area (Å²) < 4.78 is 5.55. The lowest BCUT2D eigenvalue weighted by molar-refractivity contribution is -0.143. The molecule has 0 spiro atoms. The van der Waals surface area contributed by atoms with Crippen LogP contribution in [0.3, 0.4) is 0 Å². The van der Waals surface area contributed by atoms with E-state index in [4.69, 9.17) is 4.74 Å². The van der Waals surface area contributed by atoms with Crippen molar-refractivity contribution in [2.75, 3.05) is 6.61 Å². The lowest BCUT2D eigenvalue weighted by Gasteiger charge is -2.24. The van der Waals surface area contributed by atoms with E-state index >= 15 is 0 Å². The number of benzene rings is 2. The van der Waals surface area contributed by atoms with Crippen LogP contribution in [-0.4, -0.2) is 41.8 Å². The first-order chi connectivity index (χ1) is 16.4. The van der Waals surface area contributed by atoms with Crippen molar-refractivity contribution < 1.29 is 24.2 Å². The van der Waals surface area contributed by atoms with Gasteiger partial charge in [-0.1, -0.05) is 67.8 Å². The minimum atomic E-state index is -0.864. The first-order valence-electron chi connectivity index (χ1n) is 12.1. The number of amides is 2. The van der Waals surface area contributed by atoms with Crippen LogP contribution < -0.4 is 10.6 Å². The van der Waals surface area contributed by atoms with Gasteiger partial charge in [0.05, 0.1) is 5.92 Å². The first kappa shape index (κ1) is 23.8. The van der Waals surface area contributed by atoms with E-state index in [1.54, 1.807) is 6.92 Å². The maximum absolute atomic E-state index is 12.5. The summed E-state index contributed by atoms with van der Waals surface area (Å²) in [7, 11) is 0. The van der Waals surface area contributed by atoms with E-state index in [0.29, 0.717) is 12.8 Å². The number of carbonyl (C=O) groups is 3. The SMILES string of the molecule is C[C@H](CC(=O)NC1CCCCCC1C(=O)O)NC(=O)OCC1c2ccccc2-c2ccccc21. The molecule has 1 saturated carbocycles. The van der Waals surface area contributed by atoms with E-state index in [1.807, 2.05) is 24.3 Å². The molecule has 2 aliphatic rings. The fourth-order valence-electron chi connectivity index (χ4n) is 5.21. The highest BCUT2D eigenvalue weighted by Gasteiger charge is 2.31. The molecule has 2 aromatic carbocycles. The van der Waals surface area contributed by atoms with Crippen LogP contribution in [0.1, 0.15) is 62.5 Å². The van der Waals surface area contributed by atoms with Gasteiger partial charge in [-0.25, -0.2) is 4.79 Å². The highest BCUT2D eigenvalue weighted by Crippen LogP contribution is 2.44. The molecule has 180 valence electrons. The van der Waals surface area contributed by atoms with Crippen molar-refractivity contribution in [2.45, 2.75) is 63.5 Å². The van der Waals surface area contributed by atoms with E-state index in [2.05, 4.69) is 34.9 Å². The highest BCUT2D eigenvalue weighted by atomic mass is 16.5. The monoisotopic (exact) mass is 464 g/mol. The van der Waals surface area contributed by atoms with Gasteiger partial charge in [0.2, 0.25) is 5.91 Å². The molecule has 0 bridgehead atoms. The molecule has 0 saturated heterocycles. The van der Waals surface area contributed by atoms with Gasteiger partial charge in [-0.2, -0.15) is 0 Å². The Bertz CT molecular complexity index is 1010. The van der Waals surface area contributed by atoms with Crippen molar-refractivity contribution in [2.24, 2.45) is 5.92 Å². The molecule has 0 radical (unpaired) electrons. The fourth-order valence-corrected chi connectivity index (χ4v) is 5.21. The number of hydrogen-bond donors (Lipinski definition) is 3. The molecule has 0 aromatic heterocycles. The molecule has 0 heterocycles. The number of aliphatic carboxylic acids is 1. The summed E-state index contributed by atoms with van der Waals surface area (Å²) in [5.74, 6) is -1.71. The van der Waals surface area contributed by atoms with Crippen LogP contribution in [0.5, 0.6) is 0 Å². The molecule has 3 atom stereocenters. The number of hydrogen-bond acceptors (Lipinski definition) is 4. The molecular formula is C27H32N2O5. The predicted molar refractivity (Wildman–Crippen MR) is 128 cm³/mol. The molecule has 7 nitrogen and oxygen atoms in total. The van der Waals surface area contributed by atoms with Gasteiger partial charge in [0.15, 0.2) is 0 Å². The second kappa shape index (κ2) is 10.7. The molecule has 2 unspecified atom stereocenters. The van der Waals surface area contributed by atoms with Crippen LogP contribution in [0.25, 0.3) is 11.1 Å². The average molecular weight is 465 g/mol. The lowest BCUT2D eigenvalue weighted by atomic mass is 9.94. The van der Waals surface area contributed by atoms with Gasteiger partial charge in [0.1, 0.15) is 6.61 Å². The summed E-state index contributed by atoms with van der Waals surface area (Å²) in [5.41, 5.74) is 4.60. The minimum absolute atomic E-state index is 0.0278.